The number of rotatable bonds is 9. The maximum absolute atomic E-state index is 12.4. The Kier molecular flexibility index (Phi) is 8.24. The van der Waals surface area contributed by atoms with E-state index in [-0.39, 0.29) is 18.9 Å². The quantitative estimate of drug-likeness (QED) is 0.202. The minimum atomic E-state index is -0.962. The molecule has 1 amide bonds. The number of benzene rings is 3. The molecule has 9 heteroatoms. The van der Waals surface area contributed by atoms with Gasteiger partial charge in [0.25, 0.3) is 5.91 Å². The van der Waals surface area contributed by atoms with Crippen LogP contribution >= 0.6 is 23.2 Å². The maximum atomic E-state index is 12.4. The molecule has 200 valence electrons. The summed E-state index contributed by atoms with van der Waals surface area (Å²) in [5.74, 6) is -1.28. The molecule has 0 radical (unpaired) electrons. The molecule has 0 fully saturated rings. The molecule has 3 aromatic carbocycles. The van der Waals surface area contributed by atoms with Crippen LogP contribution in [0.5, 0.6) is 0 Å². The van der Waals surface area contributed by atoms with Crippen LogP contribution in [0.1, 0.15) is 22.3 Å². The van der Waals surface area contributed by atoms with Crippen molar-refractivity contribution in [2.45, 2.75) is 13.0 Å². The first-order chi connectivity index (χ1) is 19.4. The van der Waals surface area contributed by atoms with Gasteiger partial charge in [0.05, 0.1) is 24.4 Å². The molecule has 0 unspecified atom stereocenters. The van der Waals surface area contributed by atoms with Crippen molar-refractivity contribution in [1.82, 2.24) is 20.1 Å². The first-order valence-electron chi connectivity index (χ1n) is 12.5. The molecule has 2 heterocycles. The molecule has 5 rings (SSSR count). The number of amides is 1. The van der Waals surface area contributed by atoms with Crippen molar-refractivity contribution < 1.29 is 14.7 Å². The molecule has 2 N–H and O–H groups in total. The molecule has 7 nitrogen and oxygen atoms in total. The van der Waals surface area contributed by atoms with E-state index in [1.165, 1.54) is 0 Å². The van der Waals surface area contributed by atoms with Gasteiger partial charge in [0, 0.05) is 51.2 Å². The highest BCUT2D eigenvalue weighted by molar-refractivity contribution is 6.35. The molecule has 0 saturated heterocycles. The van der Waals surface area contributed by atoms with Gasteiger partial charge in [-0.25, -0.2) is 0 Å². The van der Waals surface area contributed by atoms with E-state index in [9.17, 15) is 9.59 Å². The molecule has 2 aromatic heterocycles. The molecule has 0 aliphatic heterocycles. The fourth-order valence-corrected chi connectivity index (χ4v) is 4.85. The maximum Gasteiger partial charge on any atom is 0.305 e. The highest BCUT2D eigenvalue weighted by atomic mass is 35.5. The second-order valence-electron chi connectivity index (χ2n) is 9.15. The highest BCUT2D eigenvalue weighted by Crippen LogP contribution is 2.32. The third kappa shape index (κ3) is 6.57. The summed E-state index contributed by atoms with van der Waals surface area (Å²) < 4.78 is 1.91. The van der Waals surface area contributed by atoms with Gasteiger partial charge >= 0.3 is 5.97 Å². The smallest absolute Gasteiger partial charge is 0.305 e. The van der Waals surface area contributed by atoms with Crippen LogP contribution in [0.15, 0.2) is 97.3 Å². The van der Waals surface area contributed by atoms with E-state index < -0.39 is 5.97 Å². The third-order valence-corrected chi connectivity index (χ3v) is 6.70. The number of aromatic nitrogens is 3. The number of halogens is 2. The second kappa shape index (κ2) is 12.2. The van der Waals surface area contributed by atoms with Gasteiger partial charge < -0.3 is 10.4 Å². The first kappa shape index (κ1) is 27.1. The van der Waals surface area contributed by atoms with Crippen molar-refractivity contribution in [2.75, 3.05) is 6.54 Å². The van der Waals surface area contributed by atoms with E-state index in [1.54, 1.807) is 24.4 Å². The van der Waals surface area contributed by atoms with Crippen LogP contribution in [0.2, 0.25) is 10.0 Å². The molecule has 0 atom stereocenters. The van der Waals surface area contributed by atoms with Crippen LogP contribution in [-0.4, -0.2) is 38.3 Å². The summed E-state index contributed by atoms with van der Waals surface area (Å²) in [4.78, 5) is 27.3. The Labute approximate surface area is 241 Å². The van der Waals surface area contributed by atoms with Gasteiger partial charge in [-0.3, -0.25) is 19.3 Å². The molecule has 0 aliphatic carbocycles. The number of carbonyl (C=O) groups excluding carboxylic acids is 1. The Morgan fingerprint density at radius 1 is 0.825 bits per heavy atom. The molecule has 0 spiro atoms. The monoisotopic (exact) mass is 570 g/mol. The fraction of sp³-hybridized carbons (Fsp3) is 0.0968. The zero-order valence-electron chi connectivity index (χ0n) is 21.2. The van der Waals surface area contributed by atoms with Crippen LogP contribution in [0.3, 0.4) is 0 Å². The standard InChI is InChI=1S/C31H24Cl2N4O3/c32-26-14-25(15-27(33)16-26)28-17-29(23-4-1-3-22(13-23)24-5-2-11-34-18-24)37(36-28)19-20-6-8-21(9-7-20)31(40)35-12-10-30(38)39/h1-9,11,13-18H,10,12,19H2,(H,35,40)(H,38,39). The van der Waals surface area contributed by atoms with Crippen LogP contribution < -0.4 is 5.32 Å². The van der Waals surface area contributed by atoms with Crippen molar-refractivity contribution in [3.8, 4) is 33.6 Å². The lowest BCUT2D eigenvalue weighted by atomic mass is 10.0. The SMILES string of the molecule is O=C(O)CCNC(=O)c1ccc(Cn2nc(-c3cc(Cl)cc(Cl)c3)cc2-c2cccc(-c3cccnc3)c2)cc1. The summed E-state index contributed by atoms with van der Waals surface area (Å²) >= 11 is 12.6. The van der Waals surface area contributed by atoms with Crippen LogP contribution in [0.25, 0.3) is 33.6 Å². The molecule has 5 aromatic rings. The number of hydrogen-bond acceptors (Lipinski definition) is 4. The molecular weight excluding hydrogens is 547 g/mol. The second-order valence-corrected chi connectivity index (χ2v) is 10.0. The van der Waals surface area contributed by atoms with E-state index in [0.717, 1.165) is 39.2 Å². The van der Waals surface area contributed by atoms with Crippen LogP contribution in [0.4, 0.5) is 0 Å². The molecular formula is C31H24Cl2N4O3. The lowest BCUT2D eigenvalue weighted by molar-refractivity contribution is -0.136. The lowest BCUT2D eigenvalue weighted by Gasteiger charge is -2.10. The topological polar surface area (TPSA) is 97.1 Å². The van der Waals surface area contributed by atoms with Gasteiger partial charge in [0.15, 0.2) is 0 Å². The van der Waals surface area contributed by atoms with Gasteiger partial charge in [0.2, 0.25) is 0 Å². The Balaban J connectivity index is 1.48. The largest absolute Gasteiger partial charge is 0.481 e. The Hall–Kier alpha value is -4.46. The van der Waals surface area contributed by atoms with Crippen molar-refractivity contribution in [1.29, 1.82) is 0 Å². The molecule has 0 bridgehead atoms. The van der Waals surface area contributed by atoms with Crippen molar-refractivity contribution in [3.05, 3.63) is 118 Å². The molecule has 40 heavy (non-hydrogen) atoms. The first-order valence-corrected chi connectivity index (χ1v) is 13.3. The number of hydrogen-bond donors (Lipinski definition) is 2. The number of pyridine rings is 1. The number of nitrogens with one attached hydrogen (secondary N) is 1. The number of aliphatic carboxylic acids is 1. The number of carboxylic acids is 1. The van der Waals surface area contributed by atoms with Crippen LogP contribution in [0, 0.1) is 0 Å². The molecule has 0 saturated carbocycles. The summed E-state index contributed by atoms with van der Waals surface area (Å²) in [6.07, 6.45) is 3.44. The van der Waals surface area contributed by atoms with Gasteiger partial charge in [0.1, 0.15) is 0 Å². The van der Waals surface area contributed by atoms with Gasteiger partial charge in [-0.05, 0) is 59.7 Å². The summed E-state index contributed by atoms with van der Waals surface area (Å²) in [6, 6.07) is 26.6. The van der Waals surface area contributed by atoms with E-state index in [1.807, 2.05) is 71.5 Å². The number of carbonyl (C=O) groups is 2. The van der Waals surface area contributed by atoms with E-state index in [0.29, 0.717) is 22.2 Å². The minimum Gasteiger partial charge on any atom is -0.481 e. The minimum absolute atomic E-state index is 0.0704. The van der Waals surface area contributed by atoms with Crippen molar-refractivity contribution >= 4 is 35.1 Å². The average molecular weight is 571 g/mol. The summed E-state index contributed by atoms with van der Waals surface area (Å²) in [7, 11) is 0. The molecule has 0 aliphatic rings. The lowest BCUT2D eigenvalue weighted by Crippen LogP contribution is -2.25. The Bertz CT molecular complexity index is 1650. The van der Waals surface area contributed by atoms with Crippen LogP contribution in [-0.2, 0) is 11.3 Å². The summed E-state index contributed by atoms with van der Waals surface area (Å²) in [5.41, 5.74) is 6.82. The normalized spacial score (nSPS) is 10.8. The zero-order chi connectivity index (χ0) is 28.1. The van der Waals surface area contributed by atoms with Gasteiger partial charge in [-0.15, -0.1) is 0 Å². The number of nitrogens with zero attached hydrogens (tertiary/aromatic N) is 3. The summed E-state index contributed by atoms with van der Waals surface area (Å²) in [5, 5.41) is 17.3. The Morgan fingerprint density at radius 2 is 1.55 bits per heavy atom. The van der Waals surface area contributed by atoms with Gasteiger partial charge in [-0.2, -0.15) is 5.10 Å². The van der Waals surface area contributed by atoms with E-state index >= 15 is 0 Å². The van der Waals surface area contributed by atoms with E-state index in [2.05, 4.69) is 16.4 Å². The van der Waals surface area contributed by atoms with Crippen molar-refractivity contribution in [3.63, 3.8) is 0 Å². The predicted molar refractivity (Wildman–Crippen MR) is 156 cm³/mol. The van der Waals surface area contributed by atoms with Crippen molar-refractivity contribution in [2.24, 2.45) is 0 Å². The van der Waals surface area contributed by atoms with Gasteiger partial charge in [-0.1, -0.05) is 59.6 Å². The third-order valence-electron chi connectivity index (χ3n) is 6.26. The number of carboxylic acid groups (broad SMARTS) is 1. The summed E-state index contributed by atoms with van der Waals surface area (Å²) in [6.45, 7) is 0.517. The predicted octanol–water partition coefficient (Wildman–Crippen LogP) is 6.84. The highest BCUT2D eigenvalue weighted by Gasteiger charge is 2.15. The fourth-order valence-electron chi connectivity index (χ4n) is 4.32. The zero-order valence-corrected chi connectivity index (χ0v) is 22.7. The average Bonchev–Trinajstić information content (AvgIpc) is 3.37. The Morgan fingerprint density at radius 3 is 2.25 bits per heavy atom. The van der Waals surface area contributed by atoms with E-state index in [4.69, 9.17) is 33.4 Å².